The van der Waals surface area contributed by atoms with Crippen LogP contribution in [0.15, 0.2) is 0 Å². The zero-order valence-electron chi connectivity index (χ0n) is 19.7. The van der Waals surface area contributed by atoms with Crippen LogP contribution in [-0.4, -0.2) is 71.2 Å². The van der Waals surface area contributed by atoms with E-state index in [0.717, 1.165) is 0 Å². The van der Waals surface area contributed by atoms with E-state index >= 15 is 0 Å². The van der Waals surface area contributed by atoms with Gasteiger partial charge >= 0.3 is 12.1 Å². The van der Waals surface area contributed by atoms with Gasteiger partial charge in [0.2, 0.25) is 5.91 Å². The smallest absolute Gasteiger partial charge is 0.410 e. The molecule has 1 heterocycles. The highest BCUT2D eigenvalue weighted by Crippen LogP contribution is 2.28. The van der Waals surface area contributed by atoms with Crippen molar-refractivity contribution in [1.82, 2.24) is 9.80 Å². The van der Waals surface area contributed by atoms with Gasteiger partial charge in [0, 0.05) is 20.1 Å². The quantitative estimate of drug-likeness (QED) is 0.713. The van der Waals surface area contributed by atoms with Crippen LogP contribution in [0, 0.1) is 11.3 Å². The van der Waals surface area contributed by atoms with Crippen molar-refractivity contribution >= 4 is 18.0 Å². The van der Waals surface area contributed by atoms with Crippen LogP contribution in [0.5, 0.6) is 0 Å². The second kappa shape index (κ2) is 8.50. The molecule has 3 atom stereocenters. The van der Waals surface area contributed by atoms with E-state index < -0.39 is 46.7 Å². The number of nitrogens with two attached hydrogens (primary N) is 1. The second-order valence-electron chi connectivity index (χ2n) is 10.9. The summed E-state index contributed by atoms with van der Waals surface area (Å²) in [6.07, 6.45) is -0.519. The Hall–Kier alpha value is -1.83. The van der Waals surface area contributed by atoms with Crippen molar-refractivity contribution in [2.75, 3.05) is 20.1 Å². The fourth-order valence-corrected chi connectivity index (χ4v) is 3.02. The Bertz CT molecular complexity index is 628. The zero-order valence-corrected chi connectivity index (χ0v) is 19.7. The van der Waals surface area contributed by atoms with Gasteiger partial charge in [-0.15, -0.1) is 0 Å². The lowest BCUT2D eigenvalue weighted by molar-refractivity contribution is -0.161. The first-order valence-electron chi connectivity index (χ1n) is 10.1. The van der Waals surface area contributed by atoms with E-state index in [2.05, 4.69) is 0 Å². The minimum absolute atomic E-state index is 0.122. The van der Waals surface area contributed by atoms with Crippen molar-refractivity contribution < 1.29 is 23.9 Å². The van der Waals surface area contributed by atoms with Crippen molar-refractivity contribution in [3.63, 3.8) is 0 Å². The molecule has 0 aliphatic carbocycles. The molecule has 0 aromatic rings. The lowest BCUT2D eigenvalue weighted by atomic mass is 9.86. The van der Waals surface area contributed by atoms with Gasteiger partial charge in [0.1, 0.15) is 11.2 Å². The third-order valence-electron chi connectivity index (χ3n) is 4.69. The molecule has 0 bridgehead atoms. The summed E-state index contributed by atoms with van der Waals surface area (Å²) in [6, 6.07) is -1.28. The molecule has 2 N–H and O–H groups in total. The Labute approximate surface area is 175 Å². The number of esters is 1. The number of ether oxygens (including phenoxy) is 2. The monoisotopic (exact) mass is 413 g/mol. The van der Waals surface area contributed by atoms with Crippen LogP contribution in [0.4, 0.5) is 4.79 Å². The van der Waals surface area contributed by atoms with Crippen LogP contribution in [0.2, 0.25) is 0 Å². The largest absolute Gasteiger partial charge is 0.460 e. The van der Waals surface area contributed by atoms with E-state index in [-0.39, 0.29) is 19.0 Å². The first kappa shape index (κ1) is 25.2. The molecule has 168 valence electrons. The van der Waals surface area contributed by atoms with Gasteiger partial charge in [-0.25, -0.2) is 4.79 Å². The summed E-state index contributed by atoms with van der Waals surface area (Å²) in [7, 11) is 1.62. The minimum atomic E-state index is -0.734. The summed E-state index contributed by atoms with van der Waals surface area (Å²) in [5.41, 5.74) is 4.38. The highest BCUT2D eigenvalue weighted by Gasteiger charge is 2.47. The molecule has 1 unspecified atom stereocenters. The average molecular weight is 414 g/mol. The van der Waals surface area contributed by atoms with E-state index in [4.69, 9.17) is 15.2 Å². The molecular formula is C21H39N3O5. The molecule has 0 aromatic heterocycles. The van der Waals surface area contributed by atoms with Crippen LogP contribution < -0.4 is 5.73 Å². The fraction of sp³-hybridized carbons (Fsp3) is 0.857. The number of amides is 2. The number of carbonyl (C=O) groups is 3. The van der Waals surface area contributed by atoms with Crippen molar-refractivity contribution in [2.24, 2.45) is 17.1 Å². The molecule has 29 heavy (non-hydrogen) atoms. The van der Waals surface area contributed by atoms with Gasteiger partial charge in [0.25, 0.3) is 0 Å². The molecular weight excluding hydrogens is 374 g/mol. The number of rotatable bonds is 3. The summed E-state index contributed by atoms with van der Waals surface area (Å²) in [6.45, 7) is 16.6. The van der Waals surface area contributed by atoms with Gasteiger partial charge in [0.05, 0.1) is 18.0 Å². The number of likely N-dealkylation sites (tertiary alicyclic amines) is 1. The third kappa shape index (κ3) is 7.17. The van der Waals surface area contributed by atoms with Gasteiger partial charge < -0.3 is 25.0 Å². The topological polar surface area (TPSA) is 102 Å². The van der Waals surface area contributed by atoms with Crippen LogP contribution in [0.1, 0.15) is 62.3 Å². The summed E-state index contributed by atoms with van der Waals surface area (Å²) in [5.74, 6) is -1.40. The molecule has 1 rings (SSSR count). The van der Waals surface area contributed by atoms with Crippen LogP contribution in [0.3, 0.4) is 0 Å². The molecule has 8 nitrogen and oxygen atoms in total. The molecule has 2 amide bonds. The van der Waals surface area contributed by atoms with Gasteiger partial charge in [-0.3, -0.25) is 9.59 Å². The number of likely N-dealkylation sites (N-methyl/N-ethyl adjacent to an activating group) is 1. The standard InChI is InChI=1S/C21H39N3O5/c1-19(2,3)15(22)16(25)23(10)14-12-24(18(27)29-21(7,8)9)11-13(14)17(26)28-20(4,5)6/h13-15H,11-12,22H2,1-10H3/t13-,14+,15?/m1/s1. The Balaban J connectivity index is 3.12. The maximum Gasteiger partial charge on any atom is 0.410 e. The number of nitrogens with zero attached hydrogens (tertiary/aromatic N) is 2. The van der Waals surface area contributed by atoms with Crippen LogP contribution >= 0.6 is 0 Å². The van der Waals surface area contributed by atoms with Crippen LogP contribution in [0.25, 0.3) is 0 Å². The van der Waals surface area contributed by atoms with Crippen molar-refractivity contribution in [2.45, 2.75) is 85.6 Å². The lowest BCUT2D eigenvalue weighted by Gasteiger charge is -2.35. The molecule has 0 spiro atoms. The van der Waals surface area contributed by atoms with Crippen molar-refractivity contribution in [3.05, 3.63) is 0 Å². The first-order chi connectivity index (χ1) is 12.8. The van der Waals surface area contributed by atoms with Gasteiger partial charge in [-0.1, -0.05) is 20.8 Å². The number of carbonyl (C=O) groups excluding carboxylic acids is 3. The van der Waals surface area contributed by atoms with Gasteiger partial charge in [0.15, 0.2) is 0 Å². The van der Waals surface area contributed by atoms with E-state index in [9.17, 15) is 14.4 Å². The summed E-state index contributed by atoms with van der Waals surface area (Å²) in [4.78, 5) is 41.3. The zero-order chi connectivity index (χ0) is 22.9. The molecule has 1 fully saturated rings. The molecule has 0 radical (unpaired) electrons. The first-order valence-corrected chi connectivity index (χ1v) is 10.1. The molecule has 1 saturated heterocycles. The van der Waals surface area contributed by atoms with E-state index in [1.807, 2.05) is 20.8 Å². The molecule has 8 heteroatoms. The Kier molecular flexibility index (Phi) is 7.39. The van der Waals surface area contributed by atoms with Crippen molar-refractivity contribution in [1.29, 1.82) is 0 Å². The Morgan fingerprint density at radius 1 is 0.931 bits per heavy atom. The molecule has 0 aromatic carbocycles. The highest BCUT2D eigenvalue weighted by atomic mass is 16.6. The van der Waals surface area contributed by atoms with Gasteiger partial charge in [-0.2, -0.15) is 0 Å². The molecule has 0 saturated carbocycles. The fourth-order valence-electron chi connectivity index (χ4n) is 3.02. The Morgan fingerprint density at radius 2 is 1.41 bits per heavy atom. The van der Waals surface area contributed by atoms with E-state index in [0.29, 0.717) is 0 Å². The SMILES string of the molecule is CN(C(=O)C(N)C(C)(C)C)[C@H]1CN(C(=O)OC(C)(C)C)C[C@H]1C(=O)OC(C)(C)C. The summed E-state index contributed by atoms with van der Waals surface area (Å²) >= 11 is 0. The maximum atomic E-state index is 12.9. The second-order valence-corrected chi connectivity index (χ2v) is 10.9. The number of hydrogen-bond donors (Lipinski definition) is 1. The predicted octanol–water partition coefficient (Wildman–Crippen LogP) is 2.40. The van der Waals surface area contributed by atoms with E-state index in [1.165, 1.54) is 9.80 Å². The minimum Gasteiger partial charge on any atom is -0.460 e. The lowest BCUT2D eigenvalue weighted by Crippen LogP contribution is -2.54. The third-order valence-corrected chi connectivity index (χ3v) is 4.69. The van der Waals surface area contributed by atoms with Crippen molar-refractivity contribution in [3.8, 4) is 0 Å². The molecule has 1 aliphatic rings. The average Bonchev–Trinajstić information content (AvgIpc) is 2.94. The normalized spacial score (nSPS) is 21.6. The molecule has 1 aliphatic heterocycles. The van der Waals surface area contributed by atoms with Crippen LogP contribution in [-0.2, 0) is 19.1 Å². The Morgan fingerprint density at radius 3 is 1.83 bits per heavy atom. The highest BCUT2D eigenvalue weighted by molar-refractivity contribution is 5.84. The summed E-state index contributed by atoms with van der Waals surface area (Å²) in [5, 5.41) is 0. The van der Waals surface area contributed by atoms with E-state index in [1.54, 1.807) is 48.6 Å². The summed E-state index contributed by atoms with van der Waals surface area (Å²) < 4.78 is 11.0. The predicted molar refractivity (Wildman–Crippen MR) is 111 cm³/mol. The number of hydrogen-bond acceptors (Lipinski definition) is 6. The maximum absolute atomic E-state index is 12.9. The van der Waals surface area contributed by atoms with Gasteiger partial charge in [-0.05, 0) is 47.0 Å².